The zero-order valence-corrected chi connectivity index (χ0v) is 9.08. The van der Waals surface area contributed by atoms with Gasteiger partial charge in [0, 0.05) is 24.1 Å². The first-order chi connectivity index (χ1) is 7.88. The van der Waals surface area contributed by atoms with Gasteiger partial charge in [0.2, 0.25) is 0 Å². The van der Waals surface area contributed by atoms with Crippen LogP contribution in [0.4, 0.5) is 0 Å². The van der Waals surface area contributed by atoms with Crippen LogP contribution in [0.5, 0.6) is 0 Å². The summed E-state index contributed by atoms with van der Waals surface area (Å²) in [6.45, 7) is 0.879. The lowest BCUT2D eigenvalue weighted by Gasteiger charge is -2.09. The van der Waals surface area contributed by atoms with Crippen LogP contribution < -0.4 is 0 Å². The van der Waals surface area contributed by atoms with Crippen molar-refractivity contribution in [2.75, 3.05) is 0 Å². The Morgan fingerprint density at radius 2 is 2.25 bits per heavy atom. The quantitative estimate of drug-likeness (QED) is 0.844. The zero-order valence-electron chi connectivity index (χ0n) is 9.08. The van der Waals surface area contributed by atoms with Crippen molar-refractivity contribution in [1.82, 2.24) is 14.1 Å². The Labute approximate surface area is 94.2 Å². The number of aliphatic hydroxyl groups excluding tert-OH is 1. The van der Waals surface area contributed by atoms with Crippen molar-refractivity contribution < 1.29 is 5.11 Å². The van der Waals surface area contributed by atoms with Crippen molar-refractivity contribution in [1.29, 1.82) is 0 Å². The van der Waals surface area contributed by atoms with Crippen LogP contribution >= 0.6 is 0 Å². The molecule has 0 saturated heterocycles. The van der Waals surface area contributed by atoms with Crippen molar-refractivity contribution in [2.45, 2.75) is 32.0 Å². The molecule has 1 fully saturated rings. The highest BCUT2D eigenvalue weighted by atomic mass is 16.3. The van der Waals surface area contributed by atoms with Gasteiger partial charge in [-0.2, -0.15) is 0 Å². The van der Waals surface area contributed by atoms with Crippen LogP contribution in [0, 0.1) is 0 Å². The van der Waals surface area contributed by atoms with Gasteiger partial charge in [-0.3, -0.25) is 0 Å². The standard InChI is InChI=1S/C12H15N3O/c16-8-11-2-1-5-14(11)7-12-6-13-9-15(12)10-3-4-10/h1-2,5-6,9-10,16H,3-4,7-8H2. The molecule has 0 atom stereocenters. The van der Waals surface area contributed by atoms with Crippen LogP contribution in [-0.4, -0.2) is 19.2 Å². The van der Waals surface area contributed by atoms with Crippen LogP contribution in [0.25, 0.3) is 0 Å². The average Bonchev–Trinajstić information content (AvgIpc) is 2.88. The van der Waals surface area contributed by atoms with E-state index in [2.05, 4.69) is 14.1 Å². The lowest BCUT2D eigenvalue weighted by atomic mass is 10.4. The summed E-state index contributed by atoms with van der Waals surface area (Å²) in [5.41, 5.74) is 2.16. The molecule has 2 aromatic rings. The van der Waals surface area contributed by atoms with Crippen LogP contribution in [0.2, 0.25) is 0 Å². The van der Waals surface area contributed by atoms with Gasteiger partial charge >= 0.3 is 0 Å². The highest BCUT2D eigenvalue weighted by molar-refractivity contribution is 5.11. The highest BCUT2D eigenvalue weighted by Crippen LogP contribution is 2.35. The number of hydrogen-bond acceptors (Lipinski definition) is 2. The smallest absolute Gasteiger partial charge is 0.0951 e. The van der Waals surface area contributed by atoms with Gasteiger partial charge in [0.25, 0.3) is 0 Å². The summed E-state index contributed by atoms with van der Waals surface area (Å²) in [5.74, 6) is 0. The Morgan fingerprint density at radius 1 is 1.38 bits per heavy atom. The van der Waals surface area contributed by atoms with E-state index in [1.165, 1.54) is 18.5 Å². The van der Waals surface area contributed by atoms with E-state index in [-0.39, 0.29) is 6.61 Å². The number of aliphatic hydroxyl groups is 1. The normalized spacial score (nSPS) is 15.6. The first kappa shape index (κ1) is 9.66. The maximum atomic E-state index is 9.18. The third-order valence-electron chi connectivity index (χ3n) is 3.10. The Morgan fingerprint density at radius 3 is 3.00 bits per heavy atom. The fourth-order valence-corrected chi connectivity index (χ4v) is 2.06. The molecule has 0 aromatic carbocycles. The molecule has 0 aliphatic heterocycles. The molecule has 2 heterocycles. The summed E-state index contributed by atoms with van der Waals surface area (Å²) in [7, 11) is 0. The Kier molecular flexibility index (Phi) is 2.29. The van der Waals surface area contributed by atoms with Crippen LogP contribution in [0.15, 0.2) is 30.9 Å². The first-order valence-electron chi connectivity index (χ1n) is 5.64. The second-order valence-electron chi connectivity index (χ2n) is 4.31. The van der Waals surface area contributed by atoms with Gasteiger partial charge in [-0.05, 0) is 25.0 Å². The molecule has 84 valence electrons. The highest BCUT2D eigenvalue weighted by Gasteiger charge is 2.25. The fraction of sp³-hybridized carbons (Fsp3) is 0.417. The summed E-state index contributed by atoms with van der Waals surface area (Å²) >= 11 is 0. The maximum absolute atomic E-state index is 9.18. The monoisotopic (exact) mass is 217 g/mol. The SMILES string of the molecule is OCc1cccn1Cc1cncn1C1CC1. The molecule has 0 radical (unpaired) electrons. The Hall–Kier alpha value is -1.55. The minimum Gasteiger partial charge on any atom is -0.390 e. The molecule has 1 aliphatic rings. The number of imidazole rings is 1. The molecule has 1 saturated carbocycles. The van der Waals surface area contributed by atoms with E-state index in [9.17, 15) is 5.11 Å². The van der Waals surface area contributed by atoms with Crippen molar-refractivity contribution >= 4 is 0 Å². The molecule has 0 spiro atoms. The summed E-state index contributed by atoms with van der Waals surface area (Å²) in [6, 6.07) is 4.56. The molecular weight excluding hydrogens is 202 g/mol. The predicted molar refractivity (Wildman–Crippen MR) is 60.0 cm³/mol. The number of nitrogens with zero attached hydrogens (tertiary/aromatic N) is 3. The molecule has 0 bridgehead atoms. The number of hydrogen-bond donors (Lipinski definition) is 1. The first-order valence-corrected chi connectivity index (χ1v) is 5.64. The van der Waals surface area contributed by atoms with Gasteiger partial charge in [0.05, 0.1) is 25.2 Å². The third-order valence-corrected chi connectivity index (χ3v) is 3.10. The van der Waals surface area contributed by atoms with E-state index in [1.807, 2.05) is 30.9 Å². The van der Waals surface area contributed by atoms with E-state index in [1.54, 1.807) is 0 Å². The van der Waals surface area contributed by atoms with Crippen LogP contribution in [0.3, 0.4) is 0 Å². The minimum atomic E-state index is 0.0879. The zero-order chi connectivity index (χ0) is 11.0. The lowest BCUT2D eigenvalue weighted by Crippen LogP contribution is -2.07. The molecule has 4 nitrogen and oxygen atoms in total. The van der Waals surface area contributed by atoms with E-state index in [4.69, 9.17) is 0 Å². The van der Waals surface area contributed by atoms with Gasteiger partial charge in [0.1, 0.15) is 0 Å². The molecule has 1 N–H and O–H groups in total. The largest absolute Gasteiger partial charge is 0.390 e. The molecule has 2 aromatic heterocycles. The van der Waals surface area contributed by atoms with Gasteiger partial charge < -0.3 is 14.2 Å². The average molecular weight is 217 g/mol. The van der Waals surface area contributed by atoms with Crippen LogP contribution in [0.1, 0.15) is 30.3 Å². The Bertz CT molecular complexity index is 482. The lowest BCUT2D eigenvalue weighted by molar-refractivity contribution is 0.271. The summed E-state index contributed by atoms with van der Waals surface area (Å²) in [4.78, 5) is 4.21. The van der Waals surface area contributed by atoms with E-state index < -0.39 is 0 Å². The molecule has 0 unspecified atom stereocenters. The predicted octanol–water partition coefficient (Wildman–Crippen LogP) is 1.56. The van der Waals surface area contributed by atoms with E-state index >= 15 is 0 Å². The Balaban J connectivity index is 1.85. The summed E-state index contributed by atoms with van der Waals surface area (Å²) in [5, 5.41) is 9.18. The van der Waals surface area contributed by atoms with E-state index in [0.29, 0.717) is 6.04 Å². The minimum absolute atomic E-state index is 0.0879. The topological polar surface area (TPSA) is 43.0 Å². The van der Waals surface area contributed by atoms with Crippen molar-refractivity contribution in [2.24, 2.45) is 0 Å². The van der Waals surface area contributed by atoms with Crippen molar-refractivity contribution in [3.63, 3.8) is 0 Å². The maximum Gasteiger partial charge on any atom is 0.0951 e. The van der Waals surface area contributed by atoms with Gasteiger partial charge in [0.15, 0.2) is 0 Å². The third kappa shape index (κ3) is 1.65. The molecule has 4 heteroatoms. The molecule has 3 rings (SSSR count). The summed E-state index contributed by atoms with van der Waals surface area (Å²) < 4.78 is 4.32. The van der Waals surface area contributed by atoms with Gasteiger partial charge in [-0.25, -0.2) is 4.98 Å². The molecular formula is C12H15N3O. The van der Waals surface area contributed by atoms with Gasteiger partial charge in [-0.15, -0.1) is 0 Å². The van der Waals surface area contributed by atoms with Crippen LogP contribution in [-0.2, 0) is 13.2 Å². The van der Waals surface area contributed by atoms with Crippen molar-refractivity contribution in [3.05, 3.63) is 42.2 Å². The number of rotatable bonds is 4. The fourth-order valence-electron chi connectivity index (χ4n) is 2.06. The van der Waals surface area contributed by atoms with E-state index in [0.717, 1.165) is 12.2 Å². The molecule has 16 heavy (non-hydrogen) atoms. The summed E-state index contributed by atoms with van der Waals surface area (Å²) in [6.07, 6.45) is 8.36. The van der Waals surface area contributed by atoms with Gasteiger partial charge in [-0.1, -0.05) is 0 Å². The number of aromatic nitrogens is 3. The van der Waals surface area contributed by atoms with Crippen molar-refractivity contribution in [3.8, 4) is 0 Å². The second kappa shape index (κ2) is 3.79. The second-order valence-corrected chi connectivity index (χ2v) is 4.31. The molecule has 1 aliphatic carbocycles. The molecule has 0 amide bonds.